The number of rotatable bonds is 3. The first-order valence-corrected chi connectivity index (χ1v) is 5.22. The number of carbonyl (C=O) groups is 3. The molecule has 1 aromatic rings. The molecule has 0 saturated heterocycles. The lowest BCUT2D eigenvalue weighted by molar-refractivity contribution is -0.141. The second-order valence-electron chi connectivity index (χ2n) is 3.75. The Morgan fingerprint density at radius 1 is 1.53 bits per heavy atom. The van der Waals surface area contributed by atoms with Crippen molar-refractivity contribution in [1.82, 2.24) is 9.88 Å². The van der Waals surface area contributed by atoms with Gasteiger partial charge in [-0.2, -0.15) is 0 Å². The second-order valence-corrected chi connectivity index (χ2v) is 3.75. The number of hydrogen-bond donors (Lipinski definition) is 1. The highest BCUT2D eigenvalue weighted by Crippen LogP contribution is 2.21. The minimum atomic E-state index is -0.531. The molecule has 1 atom stereocenters. The van der Waals surface area contributed by atoms with E-state index >= 15 is 0 Å². The maximum atomic E-state index is 11.7. The Kier molecular flexibility index (Phi) is 2.95. The molecule has 0 aromatic carbocycles. The van der Waals surface area contributed by atoms with Crippen LogP contribution in [0.3, 0.4) is 0 Å². The summed E-state index contributed by atoms with van der Waals surface area (Å²) in [4.78, 5) is 34.2. The van der Waals surface area contributed by atoms with Crippen LogP contribution in [0.15, 0.2) is 18.3 Å². The normalized spacial score (nSPS) is 18.5. The van der Waals surface area contributed by atoms with Crippen LogP contribution in [0.1, 0.15) is 29.4 Å². The van der Waals surface area contributed by atoms with Gasteiger partial charge in [0.25, 0.3) is 5.91 Å². The van der Waals surface area contributed by atoms with Gasteiger partial charge in [0, 0.05) is 12.6 Å². The topological polar surface area (TPSA) is 77.4 Å². The highest BCUT2D eigenvalue weighted by atomic mass is 16.5. The number of carbonyl (C=O) groups excluding carboxylic acids is 3. The van der Waals surface area contributed by atoms with Crippen molar-refractivity contribution in [3.8, 4) is 0 Å². The van der Waals surface area contributed by atoms with Crippen LogP contribution in [-0.4, -0.2) is 29.5 Å². The average molecular weight is 236 g/mol. The smallest absolute Gasteiger partial charge is 0.305 e. The minimum Gasteiger partial charge on any atom is -0.469 e. The Morgan fingerprint density at radius 3 is 3.00 bits per heavy atom. The van der Waals surface area contributed by atoms with Crippen molar-refractivity contribution in [2.45, 2.75) is 18.9 Å². The number of hydrogen-bond acceptors (Lipinski definition) is 4. The maximum absolute atomic E-state index is 11.7. The summed E-state index contributed by atoms with van der Waals surface area (Å²) in [7, 11) is 1.30. The summed E-state index contributed by atoms with van der Waals surface area (Å²) < 4.78 is 6.11. The zero-order chi connectivity index (χ0) is 12.4. The fourth-order valence-corrected chi connectivity index (χ4v) is 1.87. The van der Waals surface area contributed by atoms with Gasteiger partial charge in [-0.05, 0) is 18.6 Å². The quantitative estimate of drug-likeness (QED) is 0.603. The Balaban J connectivity index is 2.18. The summed E-state index contributed by atoms with van der Waals surface area (Å²) in [6, 6.07) is 2.79. The van der Waals surface area contributed by atoms with Gasteiger partial charge in [0.2, 0.25) is 5.91 Å². The molecule has 90 valence electrons. The Morgan fingerprint density at radius 2 is 2.29 bits per heavy atom. The summed E-state index contributed by atoms with van der Waals surface area (Å²) in [6.45, 7) is 0. The molecule has 1 N–H and O–H groups in total. The van der Waals surface area contributed by atoms with E-state index in [-0.39, 0.29) is 18.3 Å². The Labute approximate surface area is 97.5 Å². The second kappa shape index (κ2) is 4.40. The van der Waals surface area contributed by atoms with Crippen molar-refractivity contribution in [1.29, 1.82) is 0 Å². The molecule has 17 heavy (non-hydrogen) atoms. The number of imide groups is 1. The lowest BCUT2D eigenvalue weighted by atomic mass is 10.1. The molecular weight excluding hydrogens is 224 g/mol. The van der Waals surface area contributed by atoms with Crippen LogP contribution in [0, 0.1) is 0 Å². The minimum absolute atomic E-state index is 0.139. The van der Waals surface area contributed by atoms with Crippen LogP contribution in [-0.2, 0) is 14.3 Å². The van der Waals surface area contributed by atoms with Crippen LogP contribution in [0.25, 0.3) is 0 Å². The van der Waals surface area contributed by atoms with Gasteiger partial charge in [-0.1, -0.05) is 0 Å². The van der Waals surface area contributed by atoms with E-state index in [1.54, 1.807) is 22.9 Å². The summed E-state index contributed by atoms with van der Waals surface area (Å²) in [5.41, 5.74) is 0.430. The summed E-state index contributed by atoms with van der Waals surface area (Å²) in [6.07, 6.45) is 2.11. The number of esters is 1. The standard InChI is InChI=1S/C11H12N2O4/c1-17-9(14)5-4-8-11(16)12-10(15)7-3-2-6-13(7)8/h2-3,6,8H,4-5H2,1H3,(H,12,15,16). The van der Waals surface area contributed by atoms with E-state index in [1.165, 1.54) is 7.11 Å². The van der Waals surface area contributed by atoms with Gasteiger partial charge < -0.3 is 9.30 Å². The molecule has 1 aromatic heterocycles. The van der Waals surface area contributed by atoms with E-state index in [4.69, 9.17) is 0 Å². The molecule has 1 aliphatic rings. The lowest BCUT2D eigenvalue weighted by Crippen LogP contribution is -2.43. The number of aromatic nitrogens is 1. The molecule has 2 rings (SSSR count). The van der Waals surface area contributed by atoms with Crippen LogP contribution >= 0.6 is 0 Å². The van der Waals surface area contributed by atoms with Gasteiger partial charge in [-0.15, -0.1) is 0 Å². The maximum Gasteiger partial charge on any atom is 0.305 e. The number of nitrogens with one attached hydrogen (secondary N) is 1. The number of amides is 2. The number of methoxy groups -OCH3 is 1. The zero-order valence-corrected chi connectivity index (χ0v) is 9.30. The summed E-state index contributed by atoms with van der Waals surface area (Å²) >= 11 is 0. The van der Waals surface area contributed by atoms with Gasteiger partial charge in [-0.25, -0.2) is 0 Å². The highest BCUT2D eigenvalue weighted by Gasteiger charge is 2.31. The first kappa shape index (κ1) is 11.4. The fourth-order valence-electron chi connectivity index (χ4n) is 1.87. The van der Waals surface area contributed by atoms with Crippen LogP contribution in [0.5, 0.6) is 0 Å². The molecular formula is C11H12N2O4. The predicted molar refractivity (Wildman–Crippen MR) is 57.2 cm³/mol. The average Bonchev–Trinajstić information content (AvgIpc) is 2.77. The number of nitrogens with zero attached hydrogens (tertiary/aromatic N) is 1. The molecule has 0 fully saturated rings. The van der Waals surface area contributed by atoms with Gasteiger partial charge in [0.15, 0.2) is 0 Å². The van der Waals surface area contributed by atoms with Gasteiger partial charge >= 0.3 is 5.97 Å². The van der Waals surface area contributed by atoms with E-state index < -0.39 is 11.9 Å². The Hall–Kier alpha value is -2.11. The molecule has 1 aliphatic heterocycles. The van der Waals surface area contributed by atoms with Crippen molar-refractivity contribution in [2.75, 3.05) is 7.11 Å². The molecule has 1 unspecified atom stereocenters. The van der Waals surface area contributed by atoms with E-state index in [0.717, 1.165) is 0 Å². The van der Waals surface area contributed by atoms with Crippen LogP contribution < -0.4 is 5.32 Å². The van der Waals surface area contributed by atoms with Crippen molar-refractivity contribution < 1.29 is 19.1 Å². The van der Waals surface area contributed by atoms with Gasteiger partial charge in [0.1, 0.15) is 11.7 Å². The summed E-state index contributed by atoms with van der Waals surface area (Å²) in [5.74, 6) is -1.17. The SMILES string of the molecule is COC(=O)CCC1C(=O)NC(=O)c2cccn21. The predicted octanol–water partition coefficient (Wildman–Crippen LogP) is 0.252. The molecule has 6 nitrogen and oxygen atoms in total. The molecule has 0 aliphatic carbocycles. The molecule has 2 amide bonds. The van der Waals surface area contributed by atoms with Gasteiger partial charge in [-0.3, -0.25) is 19.7 Å². The van der Waals surface area contributed by atoms with Crippen molar-refractivity contribution in [2.24, 2.45) is 0 Å². The first-order valence-electron chi connectivity index (χ1n) is 5.22. The van der Waals surface area contributed by atoms with E-state index in [1.807, 2.05) is 0 Å². The molecule has 0 spiro atoms. The monoisotopic (exact) mass is 236 g/mol. The third-order valence-electron chi connectivity index (χ3n) is 2.74. The van der Waals surface area contributed by atoms with Crippen LogP contribution in [0.2, 0.25) is 0 Å². The van der Waals surface area contributed by atoms with E-state index in [2.05, 4.69) is 10.1 Å². The molecule has 2 heterocycles. The first-order chi connectivity index (χ1) is 8.13. The molecule has 0 radical (unpaired) electrons. The molecule has 0 saturated carbocycles. The summed E-state index contributed by atoms with van der Waals surface area (Å²) in [5, 5.41) is 2.26. The van der Waals surface area contributed by atoms with E-state index in [9.17, 15) is 14.4 Å². The largest absolute Gasteiger partial charge is 0.469 e. The third-order valence-corrected chi connectivity index (χ3v) is 2.74. The fraction of sp³-hybridized carbons (Fsp3) is 0.364. The number of fused-ring (bicyclic) bond motifs is 1. The highest BCUT2D eigenvalue weighted by molar-refractivity contribution is 6.07. The van der Waals surface area contributed by atoms with Crippen molar-refractivity contribution in [3.05, 3.63) is 24.0 Å². The third kappa shape index (κ3) is 2.06. The Bertz CT molecular complexity index is 478. The van der Waals surface area contributed by atoms with Crippen molar-refractivity contribution >= 4 is 17.8 Å². The van der Waals surface area contributed by atoms with Gasteiger partial charge in [0.05, 0.1) is 7.11 Å². The lowest BCUT2D eigenvalue weighted by Gasteiger charge is -2.24. The molecule has 6 heteroatoms. The molecule has 0 bridgehead atoms. The van der Waals surface area contributed by atoms with Crippen molar-refractivity contribution in [3.63, 3.8) is 0 Å². The van der Waals surface area contributed by atoms with Crippen LogP contribution in [0.4, 0.5) is 0 Å². The van der Waals surface area contributed by atoms with E-state index in [0.29, 0.717) is 12.1 Å². The number of ether oxygens (including phenoxy) is 1. The zero-order valence-electron chi connectivity index (χ0n) is 9.30.